The van der Waals surface area contributed by atoms with Gasteiger partial charge in [0.1, 0.15) is 0 Å². The van der Waals surface area contributed by atoms with Crippen LogP contribution < -0.4 is 0 Å². The molecule has 0 fully saturated rings. The number of unbranched alkanes of at least 4 members (excludes halogenated alkanes) is 2. The van der Waals surface area contributed by atoms with Crippen molar-refractivity contribution in [3.05, 3.63) is 23.5 Å². The van der Waals surface area contributed by atoms with Crippen LogP contribution in [0.2, 0.25) is 0 Å². The van der Waals surface area contributed by atoms with E-state index in [-0.39, 0.29) is 22.2 Å². The van der Waals surface area contributed by atoms with Gasteiger partial charge in [0.25, 0.3) is 0 Å². The van der Waals surface area contributed by atoms with Gasteiger partial charge in [0, 0.05) is 61.6 Å². The Morgan fingerprint density at radius 2 is 1.66 bits per heavy atom. The molecule has 4 heteroatoms. The molecule has 0 aromatic carbocycles. The SMILES string of the molecule is CCC(=O)C1=CN(C(C)(C)C)CC(CCCCCC(=O)C2=CN(CC(C)C)CCC2(C)C)C1(C)C. The van der Waals surface area contributed by atoms with Crippen LogP contribution in [0, 0.1) is 22.7 Å². The van der Waals surface area contributed by atoms with Crippen LogP contribution in [0.1, 0.15) is 114 Å². The smallest absolute Gasteiger partial charge is 0.160 e. The van der Waals surface area contributed by atoms with Gasteiger partial charge in [-0.15, -0.1) is 0 Å². The van der Waals surface area contributed by atoms with Crippen molar-refractivity contribution in [1.82, 2.24) is 9.80 Å². The molecule has 0 spiro atoms. The Hall–Kier alpha value is -1.58. The lowest BCUT2D eigenvalue weighted by Gasteiger charge is -2.48. The summed E-state index contributed by atoms with van der Waals surface area (Å²) in [5.41, 5.74) is 1.87. The van der Waals surface area contributed by atoms with Crippen molar-refractivity contribution in [3.63, 3.8) is 0 Å². The fourth-order valence-electron chi connectivity index (χ4n) is 5.63. The Labute approximate surface area is 216 Å². The number of ketones is 2. The van der Waals surface area contributed by atoms with Gasteiger partial charge in [-0.2, -0.15) is 0 Å². The highest BCUT2D eigenvalue weighted by molar-refractivity contribution is 5.97. The largest absolute Gasteiger partial charge is 0.377 e. The van der Waals surface area contributed by atoms with Crippen molar-refractivity contribution < 1.29 is 9.59 Å². The molecule has 0 aromatic heterocycles. The number of rotatable bonds is 11. The molecule has 200 valence electrons. The van der Waals surface area contributed by atoms with E-state index in [4.69, 9.17) is 0 Å². The number of allylic oxidation sites excluding steroid dienone is 2. The molecule has 1 unspecified atom stereocenters. The third-order valence-corrected chi connectivity index (χ3v) is 8.32. The van der Waals surface area contributed by atoms with Gasteiger partial charge >= 0.3 is 0 Å². The summed E-state index contributed by atoms with van der Waals surface area (Å²) in [4.78, 5) is 30.7. The number of hydrogen-bond acceptors (Lipinski definition) is 4. The summed E-state index contributed by atoms with van der Waals surface area (Å²) in [5, 5.41) is 0. The second-order valence-electron chi connectivity index (χ2n) is 13.6. The van der Waals surface area contributed by atoms with Gasteiger partial charge in [-0.1, -0.05) is 61.3 Å². The van der Waals surface area contributed by atoms with Crippen molar-refractivity contribution in [3.8, 4) is 0 Å². The molecule has 2 heterocycles. The van der Waals surface area contributed by atoms with Crippen LogP contribution in [0.25, 0.3) is 0 Å². The maximum atomic E-state index is 13.2. The molecule has 0 saturated heterocycles. The lowest BCUT2D eigenvalue weighted by Crippen LogP contribution is -2.49. The average molecular weight is 487 g/mol. The molecular weight excluding hydrogens is 432 g/mol. The molecule has 0 radical (unpaired) electrons. The van der Waals surface area contributed by atoms with Crippen LogP contribution >= 0.6 is 0 Å². The van der Waals surface area contributed by atoms with Crippen LogP contribution in [-0.2, 0) is 9.59 Å². The van der Waals surface area contributed by atoms with E-state index in [0.29, 0.717) is 30.5 Å². The van der Waals surface area contributed by atoms with E-state index in [1.54, 1.807) is 0 Å². The fraction of sp³-hybridized carbons (Fsp3) is 0.806. The quantitative estimate of drug-likeness (QED) is 0.285. The van der Waals surface area contributed by atoms with E-state index >= 15 is 0 Å². The minimum absolute atomic E-state index is 0.00438. The minimum atomic E-state index is -0.110. The molecule has 4 nitrogen and oxygen atoms in total. The summed E-state index contributed by atoms with van der Waals surface area (Å²) >= 11 is 0. The van der Waals surface area contributed by atoms with E-state index < -0.39 is 0 Å². The predicted octanol–water partition coefficient (Wildman–Crippen LogP) is 7.40. The van der Waals surface area contributed by atoms with E-state index in [0.717, 1.165) is 62.9 Å². The Kier molecular flexibility index (Phi) is 9.87. The average Bonchev–Trinajstić information content (AvgIpc) is 2.73. The molecule has 0 bridgehead atoms. The lowest BCUT2D eigenvalue weighted by atomic mass is 9.67. The first kappa shape index (κ1) is 29.6. The summed E-state index contributed by atoms with van der Waals surface area (Å²) in [5.74, 6) is 1.65. The van der Waals surface area contributed by atoms with E-state index in [9.17, 15) is 9.59 Å². The van der Waals surface area contributed by atoms with Crippen molar-refractivity contribution >= 4 is 11.6 Å². The van der Waals surface area contributed by atoms with Crippen LogP contribution in [0.4, 0.5) is 0 Å². The third kappa shape index (κ3) is 7.70. The Balaban J connectivity index is 1.96. The normalized spacial score (nSPS) is 22.2. The number of carbonyl (C=O) groups is 2. The minimum Gasteiger partial charge on any atom is -0.377 e. The molecule has 0 saturated carbocycles. The van der Waals surface area contributed by atoms with Gasteiger partial charge in [-0.05, 0) is 62.7 Å². The highest BCUT2D eigenvalue weighted by Crippen LogP contribution is 2.44. The third-order valence-electron chi connectivity index (χ3n) is 8.32. The topological polar surface area (TPSA) is 40.6 Å². The van der Waals surface area contributed by atoms with Gasteiger partial charge < -0.3 is 9.80 Å². The summed E-state index contributed by atoms with van der Waals surface area (Å²) in [7, 11) is 0. The monoisotopic (exact) mass is 486 g/mol. The molecule has 2 rings (SSSR count). The summed E-state index contributed by atoms with van der Waals surface area (Å²) < 4.78 is 0. The first-order valence-corrected chi connectivity index (χ1v) is 14.1. The number of hydrogen-bond donors (Lipinski definition) is 0. The standard InChI is InChI=1S/C31H54N2O2/c1-11-27(34)26-22-33(29(4,5)6)20-24(31(26,9)10)15-13-12-14-16-28(35)25-21-32(19-23(2)3)18-17-30(25,7)8/h21-24H,11-20H2,1-10H3. The van der Waals surface area contributed by atoms with Crippen LogP contribution in [0.3, 0.4) is 0 Å². The first-order chi connectivity index (χ1) is 16.1. The zero-order chi connectivity index (χ0) is 26.6. The van der Waals surface area contributed by atoms with Crippen molar-refractivity contribution in [2.45, 2.75) is 120 Å². The zero-order valence-corrected chi connectivity index (χ0v) is 24.6. The Morgan fingerprint density at radius 1 is 1.00 bits per heavy atom. The molecule has 0 amide bonds. The van der Waals surface area contributed by atoms with Crippen LogP contribution in [0.5, 0.6) is 0 Å². The molecule has 35 heavy (non-hydrogen) atoms. The summed E-state index contributed by atoms with van der Waals surface area (Å²) in [6, 6.07) is 0. The zero-order valence-electron chi connectivity index (χ0n) is 24.6. The summed E-state index contributed by atoms with van der Waals surface area (Å²) in [6.45, 7) is 25.1. The number of carbonyl (C=O) groups excluding carboxylic acids is 2. The molecular formula is C31H54N2O2. The Morgan fingerprint density at radius 3 is 2.23 bits per heavy atom. The van der Waals surface area contributed by atoms with E-state index in [1.165, 1.54) is 0 Å². The predicted molar refractivity (Wildman–Crippen MR) is 148 cm³/mol. The maximum absolute atomic E-state index is 13.2. The maximum Gasteiger partial charge on any atom is 0.160 e. The van der Waals surface area contributed by atoms with Crippen molar-refractivity contribution in [2.24, 2.45) is 22.7 Å². The Bertz CT molecular complexity index is 810. The van der Waals surface area contributed by atoms with Gasteiger partial charge in [-0.25, -0.2) is 0 Å². The van der Waals surface area contributed by atoms with Crippen LogP contribution in [-0.4, -0.2) is 46.5 Å². The second-order valence-corrected chi connectivity index (χ2v) is 13.6. The summed E-state index contributed by atoms with van der Waals surface area (Å²) in [6.07, 6.45) is 10.8. The number of Topliss-reactive ketones (excluding diaryl/α,β-unsaturated/α-hetero) is 2. The number of nitrogens with zero attached hydrogens (tertiary/aromatic N) is 2. The lowest BCUT2D eigenvalue weighted by molar-refractivity contribution is -0.118. The molecule has 2 aliphatic rings. The molecule has 2 aliphatic heterocycles. The van der Waals surface area contributed by atoms with Gasteiger partial charge in [0.05, 0.1) is 0 Å². The van der Waals surface area contributed by atoms with Gasteiger partial charge in [0.2, 0.25) is 0 Å². The molecule has 1 atom stereocenters. The van der Waals surface area contributed by atoms with Crippen LogP contribution in [0.15, 0.2) is 23.5 Å². The molecule has 0 aromatic rings. The van der Waals surface area contributed by atoms with E-state index in [2.05, 4.69) is 84.5 Å². The molecule has 0 aliphatic carbocycles. The van der Waals surface area contributed by atoms with Gasteiger partial charge in [0.15, 0.2) is 11.6 Å². The fourth-order valence-corrected chi connectivity index (χ4v) is 5.63. The second kappa shape index (κ2) is 11.6. The molecule has 0 N–H and O–H groups in total. The van der Waals surface area contributed by atoms with Crippen molar-refractivity contribution in [2.75, 3.05) is 19.6 Å². The van der Waals surface area contributed by atoms with Crippen molar-refractivity contribution in [1.29, 1.82) is 0 Å². The first-order valence-electron chi connectivity index (χ1n) is 14.1. The highest BCUT2D eigenvalue weighted by atomic mass is 16.1. The highest BCUT2D eigenvalue weighted by Gasteiger charge is 2.41. The van der Waals surface area contributed by atoms with E-state index in [1.807, 2.05) is 6.92 Å². The van der Waals surface area contributed by atoms with Gasteiger partial charge in [-0.3, -0.25) is 9.59 Å².